The molecule has 134 valence electrons. The minimum absolute atomic E-state index is 0.243. The minimum atomic E-state index is -0.483. The Morgan fingerprint density at radius 2 is 2.00 bits per heavy atom. The van der Waals surface area contributed by atoms with Crippen LogP contribution in [0.25, 0.3) is 6.08 Å². The highest BCUT2D eigenvalue weighted by atomic mass is 16.6. The Bertz CT molecular complexity index is 1040. The van der Waals surface area contributed by atoms with Crippen molar-refractivity contribution in [2.75, 3.05) is 7.11 Å². The van der Waals surface area contributed by atoms with Gasteiger partial charge in [0.05, 0.1) is 19.9 Å². The van der Waals surface area contributed by atoms with Crippen LogP contribution >= 0.6 is 0 Å². The minimum Gasteiger partial charge on any atom is -0.497 e. The third-order valence-corrected chi connectivity index (χ3v) is 4.08. The van der Waals surface area contributed by atoms with Crippen LogP contribution < -0.4 is 4.74 Å². The number of carbonyl (C=O) groups is 1. The van der Waals surface area contributed by atoms with Gasteiger partial charge in [0.1, 0.15) is 5.75 Å². The van der Waals surface area contributed by atoms with E-state index in [-0.39, 0.29) is 11.6 Å². The summed E-state index contributed by atoms with van der Waals surface area (Å²) in [7, 11) is 1.58. The summed E-state index contributed by atoms with van der Waals surface area (Å²) in [6.45, 7) is 0.660. The van der Waals surface area contributed by atoms with Crippen molar-refractivity contribution in [3.05, 3.63) is 89.4 Å². The van der Waals surface area contributed by atoms with Gasteiger partial charge < -0.3 is 9.47 Å². The second-order valence-corrected chi connectivity index (χ2v) is 6.02. The van der Waals surface area contributed by atoms with Gasteiger partial charge in [-0.2, -0.15) is 5.10 Å². The normalized spacial score (nSPS) is 14.9. The lowest BCUT2D eigenvalue weighted by Crippen LogP contribution is -2.05. The van der Waals surface area contributed by atoms with Crippen molar-refractivity contribution >= 4 is 17.9 Å². The Labute approximate surface area is 156 Å². The third kappa shape index (κ3) is 3.79. The average Bonchev–Trinajstić information content (AvgIpc) is 3.29. The Hall–Kier alpha value is -3.67. The van der Waals surface area contributed by atoms with Crippen LogP contribution in [0.2, 0.25) is 0 Å². The van der Waals surface area contributed by atoms with Crippen molar-refractivity contribution in [1.29, 1.82) is 0 Å². The number of nitrogens with zero attached hydrogens (tertiary/aromatic N) is 3. The number of cyclic esters (lactones) is 1. The average molecular weight is 359 g/mol. The molecule has 0 fully saturated rings. The molecule has 0 unspecified atom stereocenters. The molecule has 0 saturated heterocycles. The molecule has 6 nitrogen and oxygen atoms in total. The number of carbonyl (C=O) groups excluding carboxylic acids is 1. The van der Waals surface area contributed by atoms with E-state index < -0.39 is 5.97 Å². The van der Waals surface area contributed by atoms with Gasteiger partial charge in [0, 0.05) is 17.3 Å². The summed E-state index contributed by atoms with van der Waals surface area (Å²) in [6, 6.07) is 17.3. The van der Waals surface area contributed by atoms with Crippen molar-refractivity contribution in [2.45, 2.75) is 6.54 Å². The highest BCUT2D eigenvalue weighted by molar-refractivity contribution is 6.12. The molecule has 2 heterocycles. The molecule has 0 atom stereocenters. The molecule has 27 heavy (non-hydrogen) atoms. The maximum Gasteiger partial charge on any atom is 0.363 e. The molecule has 3 aromatic rings. The van der Waals surface area contributed by atoms with Gasteiger partial charge >= 0.3 is 5.97 Å². The zero-order valence-electron chi connectivity index (χ0n) is 14.7. The number of aliphatic imine (C=N–C) groups is 1. The van der Waals surface area contributed by atoms with Gasteiger partial charge in [-0.25, -0.2) is 9.79 Å². The van der Waals surface area contributed by atoms with Crippen LogP contribution in [-0.2, 0) is 16.1 Å². The molecule has 1 aromatic heterocycles. The van der Waals surface area contributed by atoms with E-state index in [9.17, 15) is 4.79 Å². The summed E-state index contributed by atoms with van der Waals surface area (Å²) in [4.78, 5) is 16.5. The molecule has 0 saturated carbocycles. The van der Waals surface area contributed by atoms with Gasteiger partial charge in [0.15, 0.2) is 5.70 Å². The van der Waals surface area contributed by atoms with Gasteiger partial charge in [-0.15, -0.1) is 0 Å². The van der Waals surface area contributed by atoms with E-state index in [1.807, 2.05) is 59.4 Å². The zero-order chi connectivity index (χ0) is 18.6. The topological polar surface area (TPSA) is 65.7 Å². The van der Waals surface area contributed by atoms with Crippen molar-refractivity contribution < 1.29 is 14.3 Å². The number of rotatable bonds is 5. The van der Waals surface area contributed by atoms with Crippen molar-refractivity contribution in [1.82, 2.24) is 9.78 Å². The molecule has 0 spiro atoms. The fourth-order valence-electron chi connectivity index (χ4n) is 2.76. The molecular weight excluding hydrogens is 342 g/mol. The second kappa shape index (κ2) is 7.29. The largest absolute Gasteiger partial charge is 0.497 e. The van der Waals surface area contributed by atoms with Crippen LogP contribution in [0, 0.1) is 0 Å². The Morgan fingerprint density at radius 1 is 1.15 bits per heavy atom. The lowest BCUT2D eigenvalue weighted by Gasteiger charge is -2.02. The van der Waals surface area contributed by atoms with Crippen LogP contribution in [0.15, 0.2) is 77.7 Å². The van der Waals surface area contributed by atoms with Crippen LogP contribution in [-0.4, -0.2) is 28.8 Å². The highest BCUT2D eigenvalue weighted by Crippen LogP contribution is 2.21. The summed E-state index contributed by atoms with van der Waals surface area (Å²) in [6.07, 6.45) is 5.23. The van der Waals surface area contributed by atoms with E-state index in [1.165, 1.54) is 0 Å². The lowest BCUT2D eigenvalue weighted by atomic mass is 10.2. The SMILES string of the molecule is COc1cccc(C2=N/C(=C\c3cnn(Cc4ccccc4)c3)C(=O)O2)c1. The van der Waals surface area contributed by atoms with Gasteiger partial charge in [0.25, 0.3) is 0 Å². The lowest BCUT2D eigenvalue weighted by molar-refractivity contribution is -0.129. The first-order valence-electron chi connectivity index (χ1n) is 8.44. The van der Waals surface area contributed by atoms with Crippen molar-refractivity contribution in [2.24, 2.45) is 4.99 Å². The van der Waals surface area contributed by atoms with Crippen LogP contribution in [0.1, 0.15) is 16.7 Å². The van der Waals surface area contributed by atoms with Crippen molar-refractivity contribution in [3.63, 3.8) is 0 Å². The fourth-order valence-corrected chi connectivity index (χ4v) is 2.76. The first-order valence-corrected chi connectivity index (χ1v) is 8.44. The first-order chi connectivity index (χ1) is 13.2. The summed E-state index contributed by atoms with van der Waals surface area (Å²) >= 11 is 0. The number of esters is 1. The molecule has 1 aliphatic heterocycles. The number of hydrogen-bond donors (Lipinski definition) is 0. The van der Waals surface area contributed by atoms with E-state index in [2.05, 4.69) is 10.1 Å². The van der Waals surface area contributed by atoms with E-state index in [4.69, 9.17) is 9.47 Å². The third-order valence-electron chi connectivity index (χ3n) is 4.08. The summed E-state index contributed by atoms with van der Waals surface area (Å²) < 4.78 is 12.3. The maximum atomic E-state index is 12.2. The van der Waals surface area contributed by atoms with E-state index in [0.29, 0.717) is 17.9 Å². The van der Waals surface area contributed by atoms with Crippen molar-refractivity contribution in [3.8, 4) is 5.75 Å². The predicted molar refractivity (Wildman–Crippen MR) is 101 cm³/mol. The summed E-state index contributed by atoms with van der Waals surface area (Å²) in [5, 5.41) is 4.33. The number of ether oxygens (including phenoxy) is 2. The van der Waals surface area contributed by atoms with Gasteiger partial charge in [-0.05, 0) is 29.8 Å². The Morgan fingerprint density at radius 3 is 2.81 bits per heavy atom. The molecule has 0 aliphatic carbocycles. The smallest absolute Gasteiger partial charge is 0.363 e. The fraction of sp³-hybridized carbons (Fsp3) is 0.0952. The zero-order valence-corrected chi connectivity index (χ0v) is 14.7. The van der Waals surface area contributed by atoms with E-state index >= 15 is 0 Å². The van der Waals surface area contributed by atoms with Gasteiger partial charge in [-0.3, -0.25) is 4.68 Å². The molecule has 0 amide bonds. The standard InChI is InChI=1S/C21H17N3O3/c1-26-18-9-5-8-17(11-18)20-23-19(21(25)27-20)10-16-12-22-24(14-16)13-15-6-3-2-4-7-15/h2-12,14H,13H2,1H3/b19-10-. The number of methoxy groups -OCH3 is 1. The maximum absolute atomic E-state index is 12.2. The van der Waals surface area contributed by atoms with E-state index in [1.54, 1.807) is 25.4 Å². The monoisotopic (exact) mass is 359 g/mol. The quantitative estimate of drug-likeness (QED) is 0.518. The first kappa shape index (κ1) is 16.8. The molecule has 2 aromatic carbocycles. The number of hydrogen-bond acceptors (Lipinski definition) is 5. The van der Waals surface area contributed by atoms with Crippen LogP contribution in [0.5, 0.6) is 5.75 Å². The molecule has 0 N–H and O–H groups in total. The Balaban J connectivity index is 1.55. The predicted octanol–water partition coefficient (Wildman–Crippen LogP) is 3.28. The number of aromatic nitrogens is 2. The highest BCUT2D eigenvalue weighted by Gasteiger charge is 2.24. The molecular formula is C21H17N3O3. The van der Waals surface area contributed by atoms with Crippen LogP contribution in [0.3, 0.4) is 0 Å². The molecule has 4 rings (SSSR count). The van der Waals surface area contributed by atoms with Gasteiger partial charge in [0.2, 0.25) is 5.90 Å². The number of benzene rings is 2. The molecule has 1 aliphatic rings. The second-order valence-electron chi connectivity index (χ2n) is 6.02. The van der Waals surface area contributed by atoms with Crippen LogP contribution in [0.4, 0.5) is 0 Å². The molecule has 0 bridgehead atoms. The summed E-state index contributed by atoms with van der Waals surface area (Å²) in [5.74, 6) is 0.455. The van der Waals surface area contributed by atoms with Gasteiger partial charge in [-0.1, -0.05) is 36.4 Å². The molecule has 6 heteroatoms. The molecule has 0 radical (unpaired) electrons. The van der Waals surface area contributed by atoms with E-state index in [0.717, 1.165) is 11.1 Å². The Kier molecular flexibility index (Phi) is 4.53. The summed E-state index contributed by atoms with van der Waals surface area (Å²) in [5.41, 5.74) is 2.87.